The monoisotopic (exact) mass is 265 g/mol. The van der Waals surface area contributed by atoms with Gasteiger partial charge in [-0.25, -0.2) is 9.67 Å². The van der Waals surface area contributed by atoms with Crippen molar-refractivity contribution in [2.75, 3.05) is 13.1 Å². The molecule has 1 aliphatic heterocycles. The fraction of sp³-hybridized carbons (Fsp3) is 0.857. The quantitative estimate of drug-likeness (QED) is 0.896. The molecule has 1 aliphatic rings. The Bertz CT molecular complexity index is 410. The molecule has 1 atom stereocenters. The van der Waals surface area contributed by atoms with Gasteiger partial charge in [-0.3, -0.25) is 4.90 Å². The maximum atomic E-state index is 6.18. The highest BCUT2D eigenvalue weighted by Gasteiger charge is 2.33. The van der Waals surface area contributed by atoms with E-state index in [4.69, 9.17) is 5.73 Å². The van der Waals surface area contributed by atoms with E-state index < -0.39 is 0 Å². The van der Waals surface area contributed by atoms with Gasteiger partial charge in [0.1, 0.15) is 12.2 Å². The number of hydrogen-bond acceptors (Lipinski definition) is 4. The molecular formula is C14H27N5. The van der Waals surface area contributed by atoms with Crippen molar-refractivity contribution < 1.29 is 0 Å². The fourth-order valence-electron chi connectivity index (χ4n) is 2.73. The highest BCUT2D eigenvalue weighted by molar-refractivity contribution is 4.93. The van der Waals surface area contributed by atoms with Crippen molar-refractivity contribution >= 4 is 0 Å². The normalized spacial score (nSPS) is 24.0. The second kappa shape index (κ2) is 5.59. The molecule has 5 heteroatoms. The van der Waals surface area contributed by atoms with Crippen molar-refractivity contribution in [2.24, 2.45) is 17.1 Å². The zero-order valence-corrected chi connectivity index (χ0v) is 12.6. The van der Waals surface area contributed by atoms with Crippen LogP contribution in [0.4, 0.5) is 0 Å². The van der Waals surface area contributed by atoms with Crippen molar-refractivity contribution in [3.05, 3.63) is 12.2 Å². The lowest BCUT2D eigenvalue weighted by Crippen LogP contribution is -2.52. The molecule has 0 spiro atoms. The smallest absolute Gasteiger partial charge is 0.141 e. The predicted molar refractivity (Wildman–Crippen MR) is 76.5 cm³/mol. The molecule has 1 aromatic rings. The van der Waals surface area contributed by atoms with Crippen LogP contribution in [0.5, 0.6) is 0 Å². The topological polar surface area (TPSA) is 60.0 Å². The lowest BCUT2D eigenvalue weighted by molar-refractivity contribution is 0.0864. The largest absolute Gasteiger partial charge is 0.327 e. The van der Waals surface area contributed by atoms with E-state index in [1.807, 2.05) is 4.68 Å². The lowest BCUT2D eigenvalue weighted by Gasteiger charge is -2.42. The van der Waals surface area contributed by atoms with E-state index in [1.54, 1.807) is 6.33 Å². The number of nitrogens with zero attached hydrogens (tertiary/aromatic N) is 4. The highest BCUT2D eigenvalue weighted by Crippen LogP contribution is 2.28. The van der Waals surface area contributed by atoms with Crippen LogP contribution in [0.25, 0.3) is 0 Å². The first kappa shape index (κ1) is 14.5. The molecule has 1 fully saturated rings. The Balaban J connectivity index is 2.00. The number of piperidine rings is 1. The third-order valence-corrected chi connectivity index (χ3v) is 3.99. The molecule has 19 heavy (non-hydrogen) atoms. The number of hydrogen-bond donors (Lipinski definition) is 1. The number of nitrogens with two attached hydrogens (primary N) is 1. The summed E-state index contributed by atoms with van der Waals surface area (Å²) in [6.45, 7) is 12.8. The minimum absolute atomic E-state index is 0.182. The van der Waals surface area contributed by atoms with Gasteiger partial charge in [0.15, 0.2) is 0 Å². The van der Waals surface area contributed by atoms with Crippen molar-refractivity contribution in [3.8, 4) is 0 Å². The van der Waals surface area contributed by atoms with Gasteiger partial charge >= 0.3 is 0 Å². The molecule has 2 N–H and O–H groups in total. The lowest BCUT2D eigenvalue weighted by atomic mass is 9.80. The molecule has 0 amide bonds. The van der Waals surface area contributed by atoms with Crippen LogP contribution in [-0.2, 0) is 13.1 Å². The van der Waals surface area contributed by atoms with Crippen LogP contribution in [0, 0.1) is 11.3 Å². The Kier molecular flexibility index (Phi) is 4.26. The van der Waals surface area contributed by atoms with Gasteiger partial charge in [-0.1, -0.05) is 27.7 Å². The van der Waals surface area contributed by atoms with E-state index in [0.29, 0.717) is 12.0 Å². The summed E-state index contributed by atoms with van der Waals surface area (Å²) in [6.07, 6.45) is 2.73. The fourth-order valence-corrected chi connectivity index (χ4v) is 2.73. The van der Waals surface area contributed by atoms with E-state index in [1.165, 1.54) is 0 Å². The summed E-state index contributed by atoms with van der Waals surface area (Å²) in [5, 5.41) is 4.33. The second-order valence-corrected chi connectivity index (χ2v) is 6.85. The first-order chi connectivity index (χ1) is 8.88. The van der Waals surface area contributed by atoms with E-state index in [-0.39, 0.29) is 5.41 Å². The Hall–Kier alpha value is -0.940. The number of aromatic nitrogens is 3. The second-order valence-electron chi connectivity index (χ2n) is 6.85. The van der Waals surface area contributed by atoms with Crippen molar-refractivity contribution in [1.82, 2.24) is 19.7 Å². The Morgan fingerprint density at radius 1 is 1.47 bits per heavy atom. The summed E-state index contributed by atoms with van der Waals surface area (Å²) in [7, 11) is 0. The highest BCUT2D eigenvalue weighted by atomic mass is 15.3. The van der Waals surface area contributed by atoms with E-state index in [9.17, 15) is 0 Å². The van der Waals surface area contributed by atoms with Crippen LogP contribution in [0.2, 0.25) is 0 Å². The minimum atomic E-state index is 0.182. The third kappa shape index (κ3) is 3.54. The molecule has 108 valence electrons. The molecule has 5 nitrogen and oxygen atoms in total. The first-order valence-electron chi connectivity index (χ1n) is 7.23. The van der Waals surface area contributed by atoms with Crippen LogP contribution in [-0.4, -0.2) is 38.8 Å². The summed E-state index contributed by atoms with van der Waals surface area (Å²) in [5.41, 5.74) is 6.37. The zero-order valence-electron chi connectivity index (χ0n) is 12.6. The molecule has 2 rings (SSSR count). The summed E-state index contributed by atoms with van der Waals surface area (Å²) < 4.78 is 2.03. The van der Waals surface area contributed by atoms with E-state index in [2.05, 4.69) is 42.7 Å². The van der Waals surface area contributed by atoms with E-state index >= 15 is 0 Å². The van der Waals surface area contributed by atoms with Gasteiger partial charge in [0.2, 0.25) is 0 Å². The SMILES string of the molecule is CC(C)Cn1ncnc1CN1CCC(N)C(C)(C)C1. The first-order valence-corrected chi connectivity index (χ1v) is 7.23. The predicted octanol–water partition coefficient (Wildman–Crippen LogP) is 1.49. The van der Waals surface area contributed by atoms with Gasteiger partial charge in [-0.15, -0.1) is 0 Å². The maximum absolute atomic E-state index is 6.18. The summed E-state index contributed by atoms with van der Waals surface area (Å²) in [6, 6.07) is 0.303. The van der Waals surface area contributed by atoms with Gasteiger partial charge in [-0.2, -0.15) is 5.10 Å². The molecule has 0 bridgehead atoms. The van der Waals surface area contributed by atoms with Crippen molar-refractivity contribution in [3.63, 3.8) is 0 Å². The van der Waals surface area contributed by atoms with Gasteiger partial charge < -0.3 is 5.73 Å². The summed E-state index contributed by atoms with van der Waals surface area (Å²) >= 11 is 0. The molecule has 2 heterocycles. The van der Waals surface area contributed by atoms with Gasteiger partial charge in [-0.05, 0) is 17.8 Å². The van der Waals surface area contributed by atoms with Crippen LogP contribution in [0.15, 0.2) is 6.33 Å². The molecule has 0 radical (unpaired) electrons. The summed E-state index contributed by atoms with van der Waals surface area (Å²) in [4.78, 5) is 6.86. The Morgan fingerprint density at radius 3 is 2.84 bits per heavy atom. The Morgan fingerprint density at radius 2 is 2.21 bits per heavy atom. The summed E-state index contributed by atoms with van der Waals surface area (Å²) in [5.74, 6) is 1.66. The van der Waals surface area contributed by atoms with Gasteiger partial charge in [0, 0.05) is 25.7 Å². The average Bonchev–Trinajstić information content (AvgIpc) is 2.70. The zero-order chi connectivity index (χ0) is 14.0. The minimum Gasteiger partial charge on any atom is -0.327 e. The van der Waals surface area contributed by atoms with Crippen molar-refractivity contribution in [1.29, 1.82) is 0 Å². The molecule has 0 aromatic carbocycles. The van der Waals surface area contributed by atoms with Crippen LogP contribution in [0.1, 0.15) is 39.9 Å². The molecule has 1 aromatic heterocycles. The third-order valence-electron chi connectivity index (χ3n) is 3.99. The maximum Gasteiger partial charge on any atom is 0.141 e. The Labute approximate surface area is 116 Å². The molecule has 1 saturated heterocycles. The molecule has 0 saturated carbocycles. The van der Waals surface area contributed by atoms with Crippen molar-refractivity contribution in [2.45, 2.75) is 53.2 Å². The van der Waals surface area contributed by atoms with Gasteiger partial charge in [0.25, 0.3) is 0 Å². The standard InChI is InChI=1S/C14H27N5/c1-11(2)7-19-13(16-10-17-19)8-18-6-5-12(15)14(3,4)9-18/h10-12H,5-9,15H2,1-4H3. The van der Waals surface area contributed by atoms with Crippen LogP contribution >= 0.6 is 0 Å². The van der Waals surface area contributed by atoms with E-state index in [0.717, 1.165) is 38.4 Å². The van der Waals surface area contributed by atoms with Gasteiger partial charge in [0.05, 0.1) is 6.54 Å². The van der Waals surface area contributed by atoms with Crippen LogP contribution in [0.3, 0.4) is 0 Å². The molecule has 0 aliphatic carbocycles. The number of rotatable bonds is 4. The molecule has 1 unspecified atom stereocenters. The van der Waals surface area contributed by atoms with Crippen LogP contribution < -0.4 is 5.73 Å². The number of likely N-dealkylation sites (tertiary alicyclic amines) is 1. The molecular weight excluding hydrogens is 238 g/mol. The average molecular weight is 265 g/mol.